The molecule has 0 unspecified atom stereocenters. The smallest absolute Gasteiger partial charge is 0.168 e. The average molecular weight is 125 g/mol. The molecule has 1 N–H and O–H groups in total. The van der Waals surface area contributed by atoms with Crippen LogP contribution in [0.3, 0.4) is 0 Å². The van der Waals surface area contributed by atoms with E-state index in [0.29, 0.717) is 5.76 Å². The van der Waals surface area contributed by atoms with Crippen molar-refractivity contribution in [3.05, 3.63) is 18.0 Å². The van der Waals surface area contributed by atoms with E-state index in [0.717, 1.165) is 12.8 Å². The van der Waals surface area contributed by atoms with E-state index < -0.39 is 5.60 Å². The van der Waals surface area contributed by atoms with Crippen LogP contribution in [0.2, 0.25) is 0 Å². The molecule has 1 aromatic heterocycles. The van der Waals surface area contributed by atoms with Gasteiger partial charge in [0, 0.05) is 6.07 Å². The number of aliphatic hydroxyl groups is 1. The molecule has 0 aliphatic heterocycles. The first-order valence-corrected chi connectivity index (χ1v) is 2.95. The van der Waals surface area contributed by atoms with Crippen molar-refractivity contribution < 1.29 is 9.63 Å². The van der Waals surface area contributed by atoms with Crippen LogP contribution in [-0.2, 0) is 5.60 Å². The Bertz CT molecular complexity index is 201. The van der Waals surface area contributed by atoms with Gasteiger partial charge in [-0.25, -0.2) is 0 Å². The standard InChI is InChI=1S/C6H7NO2/c8-6(2-3-6)5-1-4-7-9-5/h1,4,8H,2-3H2. The molecule has 1 heterocycles. The number of nitrogens with zero attached hydrogens (tertiary/aromatic N) is 1. The van der Waals surface area contributed by atoms with Crippen LogP contribution in [0.4, 0.5) is 0 Å². The second-order valence-electron chi connectivity index (χ2n) is 2.41. The van der Waals surface area contributed by atoms with Gasteiger partial charge in [-0.05, 0) is 12.8 Å². The van der Waals surface area contributed by atoms with Crippen molar-refractivity contribution in [3.8, 4) is 0 Å². The van der Waals surface area contributed by atoms with Crippen LogP contribution in [0.1, 0.15) is 18.6 Å². The lowest BCUT2D eigenvalue weighted by atomic mass is 10.3. The predicted molar refractivity (Wildman–Crippen MR) is 29.6 cm³/mol. The highest BCUT2D eigenvalue weighted by atomic mass is 16.5. The van der Waals surface area contributed by atoms with E-state index >= 15 is 0 Å². The van der Waals surface area contributed by atoms with Gasteiger partial charge in [-0.15, -0.1) is 0 Å². The zero-order valence-electron chi connectivity index (χ0n) is 4.87. The minimum atomic E-state index is -0.656. The first-order valence-electron chi connectivity index (χ1n) is 2.95. The van der Waals surface area contributed by atoms with Crippen molar-refractivity contribution in [3.63, 3.8) is 0 Å². The molecule has 0 amide bonds. The molecule has 2 rings (SSSR count). The first kappa shape index (κ1) is 4.99. The van der Waals surface area contributed by atoms with Gasteiger partial charge in [-0.3, -0.25) is 0 Å². The molecule has 9 heavy (non-hydrogen) atoms. The third-order valence-corrected chi connectivity index (χ3v) is 1.62. The molecule has 0 aromatic carbocycles. The van der Waals surface area contributed by atoms with Gasteiger partial charge < -0.3 is 9.63 Å². The summed E-state index contributed by atoms with van der Waals surface area (Å²) in [5.74, 6) is 0.600. The largest absolute Gasteiger partial charge is 0.382 e. The summed E-state index contributed by atoms with van der Waals surface area (Å²) in [4.78, 5) is 0. The van der Waals surface area contributed by atoms with Gasteiger partial charge in [0.1, 0.15) is 5.60 Å². The molecule has 1 aliphatic rings. The highest BCUT2D eigenvalue weighted by Crippen LogP contribution is 2.44. The zero-order valence-corrected chi connectivity index (χ0v) is 4.87. The molecule has 1 aromatic rings. The Morgan fingerprint density at radius 1 is 1.67 bits per heavy atom. The summed E-state index contributed by atoms with van der Waals surface area (Å²) < 4.78 is 4.76. The topological polar surface area (TPSA) is 46.3 Å². The first-order chi connectivity index (χ1) is 4.31. The Morgan fingerprint density at radius 3 is 2.89 bits per heavy atom. The normalized spacial score (nSPS) is 21.9. The molecule has 48 valence electrons. The maximum Gasteiger partial charge on any atom is 0.168 e. The minimum Gasteiger partial charge on any atom is -0.382 e. The van der Waals surface area contributed by atoms with Gasteiger partial charge in [-0.2, -0.15) is 0 Å². The summed E-state index contributed by atoms with van der Waals surface area (Å²) in [5, 5.41) is 12.8. The van der Waals surface area contributed by atoms with Gasteiger partial charge >= 0.3 is 0 Å². The Morgan fingerprint density at radius 2 is 2.44 bits per heavy atom. The van der Waals surface area contributed by atoms with Crippen LogP contribution in [0.5, 0.6) is 0 Å². The molecular formula is C6H7NO2. The van der Waals surface area contributed by atoms with Gasteiger partial charge in [0.05, 0.1) is 6.20 Å². The van der Waals surface area contributed by atoms with E-state index in [-0.39, 0.29) is 0 Å². The fourth-order valence-electron chi connectivity index (χ4n) is 0.821. The van der Waals surface area contributed by atoms with Gasteiger partial charge in [-0.1, -0.05) is 5.16 Å². The number of hydrogen-bond donors (Lipinski definition) is 1. The second kappa shape index (κ2) is 1.36. The van der Waals surface area contributed by atoms with E-state index in [1.165, 1.54) is 0 Å². The fraction of sp³-hybridized carbons (Fsp3) is 0.500. The molecule has 0 bridgehead atoms. The van der Waals surface area contributed by atoms with Crippen molar-refractivity contribution >= 4 is 0 Å². The SMILES string of the molecule is OC1(c2ccno2)CC1. The molecule has 1 fully saturated rings. The number of aromatic nitrogens is 1. The minimum absolute atomic E-state index is 0.600. The molecule has 3 heteroatoms. The van der Waals surface area contributed by atoms with Crippen molar-refractivity contribution in [2.24, 2.45) is 0 Å². The molecule has 1 saturated carbocycles. The maximum atomic E-state index is 9.36. The number of hydrogen-bond acceptors (Lipinski definition) is 3. The summed E-state index contributed by atoms with van der Waals surface area (Å²) in [5.41, 5.74) is -0.656. The van der Waals surface area contributed by atoms with E-state index in [2.05, 4.69) is 5.16 Å². The summed E-state index contributed by atoms with van der Waals surface area (Å²) >= 11 is 0. The molecule has 0 atom stereocenters. The van der Waals surface area contributed by atoms with Crippen molar-refractivity contribution in [1.82, 2.24) is 5.16 Å². The molecule has 3 nitrogen and oxygen atoms in total. The summed E-state index contributed by atoms with van der Waals surface area (Å²) in [6.07, 6.45) is 3.16. The van der Waals surface area contributed by atoms with E-state index in [1.54, 1.807) is 12.3 Å². The van der Waals surface area contributed by atoms with Crippen molar-refractivity contribution in [1.29, 1.82) is 0 Å². The lowest BCUT2D eigenvalue weighted by Gasteiger charge is -1.97. The van der Waals surface area contributed by atoms with Gasteiger partial charge in [0.2, 0.25) is 0 Å². The Labute approximate surface area is 52.3 Å². The average Bonchev–Trinajstić information content (AvgIpc) is 2.46. The number of rotatable bonds is 1. The van der Waals surface area contributed by atoms with E-state index in [4.69, 9.17) is 4.52 Å². The highest BCUT2D eigenvalue weighted by Gasteiger charge is 2.45. The summed E-state index contributed by atoms with van der Waals surface area (Å²) in [6.45, 7) is 0. The van der Waals surface area contributed by atoms with Gasteiger partial charge in [0.15, 0.2) is 5.76 Å². The molecule has 0 saturated heterocycles. The second-order valence-corrected chi connectivity index (χ2v) is 2.41. The third kappa shape index (κ3) is 0.650. The van der Waals surface area contributed by atoms with Crippen molar-refractivity contribution in [2.45, 2.75) is 18.4 Å². The lowest BCUT2D eigenvalue weighted by molar-refractivity contribution is 0.114. The fourth-order valence-corrected chi connectivity index (χ4v) is 0.821. The lowest BCUT2D eigenvalue weighted by Crippen LogP contribution is -2.00. The third-order valence-electron chi connectivity index (χ3n) is 1.62. The van der Waals surface area contributed by atoms with E-state index in [1.807, 2.05) is 0 Å². The van der Waals surface area contributed by atoms with Crippen LogP contribution < -0.4 is 0 Å². The molecule has 0 radical (unpaired) electrons. The van der Waals surface area contributed by atoms with Crippen LogP contribution in [0.25, 0.3) is 0 Å². The monoisotopic (exact) mass is 125 g/mol. The molecular weight excluding hydrogens is 118 g/mol. The van der Waals surface area contributed by atoms with Crippen LogP contribution in [0, 0.1) is 0 Å². The highest BCUT2D eigenvalue weighted by molar-refractivity contribution is 5.13. The van der Waals surface area contributed by atoms with Crippen molar-refractivity contribution in [2.75, 3.05) is 0 Å². The zero-order chi connectivity index (χ0) is 6.32. The Hall–Kier alpha value is -0.830. The summed E-state index contributed by atoms with van der Waals surface area (Å²) in [7, 11) is 0. The maximum absolute atomic E-state index is 9.36. The van der Waals surface area contributed by atoms with Crippen LogP contribution >= 0.6 is 0 Å². The molecule has 1 aliphatic carbocycles. The Balaban J connectivity index is 2.34. The van der Waals surface area contributed by atoms with Crippen LogP contribution in [0.15, 0.2) is 16.8 Å². The van der Waals surface area contributed by atoms with E-state index in [9.17, 15) is 5.11 Å². The molecule has 0 spiro atoms. The van der Waals surface area contributed by atoms with Crippen LogP contribution in [-0.4, -0.2) is 10.3 Å². The Kier molecular flexibility index (Phi) is 0.754. The predicted octanol–water partition coefficient (Wildman–Crippen LogP) is 0.656. The quantitative estimate of drug-likeness (QED) is 0.599. The van der Waals surface area contributed by atoms with Gasteiger partial charge in [0.25, 0.3) is 0 Å². The summed E-state index contributed by atoms with van der Waals surface area (Å²) in [6, 6.07) is 1.70.